The average Bonchev–Trinajstić information content (AvgIpc) is 2.48. The maximum atomic E-state index is 9.33. The van der Waals surface area contributed by atoms with Crippen LogP contribution in [0.15, 0.2) is 54.6 Å². The molecule has 3 rings (SSSR count). The lowest BCUT2D eigenvalue weighted by Crippen LogP contribution is -2.29. The molecule has 110 valence electrons. The van der Waals surface area contributed by atoms with Gasteiger partial charge in [-0.05, 0) is 18.2 Å². The number of para-hydroxylation sites is 2. The Labute approximate surface area is 123 Å². The summed E-state index contributed by atoms with van der Waals surface area (Å²) in [5.74, 6) is 0. The fraction of sp³-hybridized carbons (Fsp3) is 0.133. The first-order valence-electron chi connectivity index (χ1n) is 6.22. The highest BCUT2D eigenvalue weighted by molar-refractivity contribution is 7.80. The van der Waals surface area contributed by atoms with Gasteiger partial charge in [0.05, 0.1) is 7.11 Å². The van der Waals surface area contributed by atoms with Crippen molar-refractivity contribution in [3.63, 3.8) is 0 Å². The van der Waals surface area contributed by atoms with E-state index in [0.29, 0.717) is 0 Å². The molecule has 0 saturated carbocycles. The molecule has 0 aliphatic carbocycles. The molecule has 1 N–H and O–H groups in total. The predicted octanol–water partition coefficient (Wildman–Crippen LogP) is 2.25. The van der Waals surface area contributed by atoms with Gasteiger partial charge in [0, 0.05) is 22.9 Å². The van der Waals surface area contributed by atoms with Crippen molar-refractivity contribution < 1.29 is 21.7 Å². The Hall–Kier alpha value is -2.02. The van der Waals surface area contributed by atoms with Gasteiger partial charge in [0.1, 0.15) is 7.05 Å². The lowest BCUT2D eigenvalue weighted by Gasteiger charge is -2.00. The molecular weight excluding hydrogens is 290 g/mol. The third-order valence-electron chi connectivity index (χ3n) is 3.12. The summed E-state index contributed by atoms with van der Waals surface area (Å²) in [5.41, 5.74) is 2.55. The second kappa shape index (κ2) is 6.17. The maximum Gasteiger partial charge on any atom is 0.397 e. The zero-order valence-electron chi connectivity index (χ0n) is 11.7. The Morgan fingerprint density at radius 3 is 1.71 bits per heavy atom. The summed E-state index contributed by atoms with van der Waals surface area (Å²) in [6.45, 7) is 0. The quantitative estimate of drug-likeness (QED) is 0.425. The van der Waals surface area contributed by atoms with Gasteiger partial charge in [-0.1, -0.05) is 24.3 Å². The minimum absolute atomic E-state index is 0.870. The number of hydrogen-bond acceptors (Lipinski definition) is 3. The molecule has 6 heteroatoms. The van der Waals surface area contributed by atoms with Gasteiger partial charge in [-0.15, -0.1) is 0 Å². The van der Waals surface area contributed by atoms with Gasteiger partial charge >= 0.3 is 10.4 Å². The molecule has 0 fully saturated rings. The van der Waals surface area contributed by atoms with Crippen LogP contribution in [0.3, 0.4) is 0 Å². The molecule has 2 aromatic carbocycles. The topological polar surface area (TPSA) is 67.5 Å². The van der Waals surface area contributed by atoms with Crippen LogP contribution in [0.2, 0.25) is 0 Å². The average molecular weight is 306 g/mol. The van der Waals surface area contributed by atoms with E-state index in [2.05, 4.69) is 70.4 Å². The number of fused-ring (bicyclic) bond motifs is 2. The van der Waals surface area contributed by atoms with Crippen LogP contribution in [0, 0.1) is 0 Å². The van der Waals surface area contributed by atoms with Crippen LogP contribution in [0.1, 0.15) is 0 Å². The highest BCUT2D eigenvalue weighted by atomic mass is 32.3. The number of aromatic nitrogens is 1. The molecular formula is C15H16NO4S+. The van der Waals surface area contributed by atoms with Gasteiger partial charge in [-0.2, -0.15) is 13.0 Å². The normalized spacial score (nSPS) is 11.2. The van der Waals surface area contributed by atoms with Gasteiger partial charge in [0.2, 0.25) is 11.0 Å². The summed E-state index contributed by atoms with van der Waals surface area (Å²) in [6.07, 6.45) is 0. The van der Waals surface area contributed by atoms with E-state index >= 15 is 0 Å². The van der Waals surface area contributed by atoms with E-state index < -0.39 is 10.4 Å². The van der Waals surface area contributed by atoms with E-state index in [1.165, 1.54) is 21.8 Å². The number of aryl methyl sites for hydroxylation is 1. The Bertz CT molecular complexity index is 821. The van der Waals surface area contributed by atoms with E-state index in [0.717, 1.165) is 7.11 Å². The predicted molar refractivity (Wildman–Crippen MR) is 81.2 cm³/mol. The number of pyridine rings is 1. The zero-order chi connectivity index (χ0) is 15.5. The molecule has 21 heavy (non-hydrogen) atoms. The Balaban J connectivity index is 0.000000232. The molecule has 1 aromatic heterocycles. The number of rotatable bonds is 1. The number of nitrogens with zero attached hydrogens (tertiary/aromatic N) is 1. The summed E-state index contributed by atoms with van der Waals surface area (Å²) < 4.78 is 31.9. The third kappa shape index (κ3) is 3.75. The second-order valence-electron chi connectivity index (χ2n) is 4.42. The molecule has 0 bridgehead atoms. The van der Waals surface area contributed by atoms with E-state index in [-0.39, 0.29) is 0 Å². The molecule has 0 atom stereocenters. The van der Waals surface area contributed by atoms with Crippen molar-refractivity contribution in [3.05, 3.63) is 54.6 Å². The Morgan fingerprint density at radius 2 is 1.33 bits per heavy atom. The van der Waals surface area contributed by atoms with Crippen LogP contribution in [0.5, 0.6) is 0 Å². The lowest BCUT2D eigenvalue weighted by molar-refractivity contribution is -0.617. The second-order valence-corrected chi connectivity index (χ2v) is 5.60. The van der Waals surface area contributed by atoms with Gasteiger partial charge in [-0.25, -0.2) is 0 Å². The van der Waals surface area contributed by atoms with Crippen LogP contribution in [-0.2, 0) is 21.6 Å². The largest absolute Gasteiger partial charge is 0.397 e. The first kappa shape index (κ1) is 15.4. The first-order valence-corrected chi connectivity index (χ1v) is 7.58. The molecule has 0 spiro atoms. The molecule has 0 radical (unpaired) electrons. The van der Waals surface area contributed by atoms with Crippen LogP contribution < -0.4 is 4.57 Å². The molecule has 0 amide bonds. The zero-order valence-corrected chi connectivity index (χ0v) is 12.5. The summed E-state index contributed by atoms with van der Waals surface area (Å²) in [5, 5.41) is 2.58. The summed E-state index contributed by atoms with van der Waals surface area (Å²) in [6, 6.07) is 19.2. The summed E-state index contributed by atoms with van der Waals surface area (Å²) in [7, 11) is -1.18. The lowest BCUT2D eigenvalue weighted by atomic mass is 10.1. The Kier molecular flexibility index (Phi) is 4.52. The van der Waals surface area contributed by atoms with Crippen molar-refractivity contribution in [3.8, 4) is 0 Å². The third-order valence-corrected chi connectivity index (χ3v) is 3.54. The van der Waals surface area contributed by atoms with Crippen LogP contribution in [0.4, 0.5) is 0 Å². The van der Waals surface area contributed by atoms with Crippen molar-refractivity contribution in [1.82, 2.24) is 0 Å². The number of benzene rings is 2. The highest BCUT2D eigenvalue weighted by Crippen LogP contribution is 2.16. The first-order chi connectivity index (χ1) is 9.92. The van der Waals surface area contributed by atoms with Crippen LogP contribution >= 0.6 is 0 Å². The standard InChI is InChI=1S/C14H12N.CH4O4S/c1-15-13-8-4-2-6-11(13)10-12-7-3-5-9-14(12)15;1-5-6(2,3)4/h2-10H,1H3;1H3,(H,2,3,4)/q+1;. The van der Waals surface area contributed by atoms with Crippen LogP contribution in [-0.4, -0.2) is 20.1 Å². The maximum absolute atomic E-state index is 9.33. The van der Waals surface area contributed by atoms with E-state index in [9.17, 15) is 8.42 Å². The summed E-state index contributed by atoms with van der Waals surface area (Å²) in [4.78, 5) is 0. The molecule has 0 saturated heterocycles. The van der Waals surface area contributed by atoms with Crippen molar-refractivity contribution in [2.75, 3.05) is 7.11 Å². The smallest absolute Gasteiger partial charge is 0.264 e. The van der Waals surface area contributed by atoms with Gasteiger partial charge < -0.3 is 0 Å². The van der Waals surface area contributed by atoms with Gasteiger partial charge in [0.25, 0.3) is 0 Å². The molecule has 3 aromatic rings. The fourth-order valence-electron chi connectivity index (χ4n) is 2.13. The van der Waals surface area contributed by atoms with E-state index in [1.807, 2.05) is 0 Å². The van der Waals surface area contributed by atoms with Crippen LogP contribution in [0.25, 0.3) is 21.8 Å². The molecule has 0 unspecified atom stereocenters. The van der Waals surface area contributed by atoms with Crippen molar-refractivity contribution in [2.24, 2.45) is 7.05 Å². The minimum atomic E-state index is -4.16. The Morgan fingerprint density at radius 1 is 0.952 bits per heavy atom. The van der Waals surface area contributed by atoms with Crippen molar-refractivity contribution in [2.45, 2.75) is 0 Å². The number of hydrogen-bond donors (Lipinski definition) is 1. The van der Waals surface area contributed by atoms with E-state index in [4.69, 9.17) is 4.55 Å². The SMILES string of the molecule is COS(=O)(=O)O.C[n+]1c2ccccc2cc2ccccc21. The molecule has 0 aliphatic rings. The summed E-state index contributed by atoms with van der Waals surface area (Å²) >= 11 is 0. The monoisotopic (exact) mass is 306 g/mol. The highest BCUT2D eigenvalue weighted by Gasteiger charge is 2.09. The van der Waals surface area contributed by atoms with E-state index in [1.54, 1.807) is 0 Å². The minimum Gasteiger partial charge on any atom is -0.264 e. The fourth-order valence-corrected chi connectivity index (χ4v) is 2.13. The van der Waals surface area contributed by atoms with Gasteiger partial charge in [-0.3, -0.25) is 8.74 Å². The van der Waals surface area contributed by atoms with Crippen molar-refractivity contribution in [1.29, 1.82) is 0 Å². The molecule has 5 nitrogen and oxygen atoms in total. The molecule has 1 heterocycles. The van der Waals surface area contributed by atoms with Gasteiger partial charge in [0.15, 0.2) is 0 Å². The van der Waals surface area contributed by atoms with Crippen molar-refractivity contribution >= 4 is 32.2 Å². The molecule has 0 aliphatic heterocycles.